The Morgan fingerprint density at radius 2 is 2.05 bits per heavy atom. The van der Waals surface area contributed by atoms with Gasteiger partial charge in [0.2, 0.25) is 0 Å². The Morgan fingerprint density at radius 3 is 2.84 bits per heavy atom. The van der Waals surface area contributed by atoms with Crippen LogP contribution in [0.4, 0.5) is 0 Å². The van der Waals surface area contributed by atoms with E-state index in [9.17, 15) is 0 Å². The highest BCUT2D eigenvalue weighted by atomic mass is 79.9. The van der Waals surface area contributed by atoms with Crippen molar-refractivity contribution in [2.75, 3.05) is 0 Å². The summed E-state index contributed by atoms with van der Waals surface area (Å²) in [6.07, 6.45) is 3.58. The number of pyridine rings is 1. The van der Waals surface area contributed by atoms with Crippen LogP contribution in [-0.4, -0.2) is 9.97 Å². The molecule has 0 amide bonds. The van der Waals surface area contributed by atoms with Crippen molar-refractivity contribution < 1.29 is 0 Å². The van der Waals surface area contributed by atoms with E-state index in [-0.39, 0.29) is 6.04 Å². The molecule has 0 aliphatic carbocycles. The second kappa shape index (κ2) is 4.79. The molecule has 0 aliphatic heterocycles. The molecule has 0 saturated carbocycles. The number of aryl methyl sites for hydroxylation is 1. The van der Waals surface area contributed by atoms with Crippen molar-refractivity contribution in [1.82, 2.24) is 9.97 Å². The minimum Gasteiger partial charge on any atom is -0.358 e. The molecule has 3 nitrogen and oxygen atoms in total. The third-order valence-electron chi connectivity index (χ3n) is 3.34. The van der Waals surface area contributed by atoms with Crippen molar-refractivity contribution in [1.29, 1.82) is 0 Å². The van der Waals surface area contributed by atoms with E-state index in [1.54, 1.807) is 6.20 Å². The third-order valence-corrected chi connectivity index (χ3v) is 3.77. The lowest BCUT2D eigenvalue weighted by molar-refractivity contribution is 0.859. The van der Waals surface area contributed by atoms with E-state index in [2.05, 4.69) is 45.0 Å². The zero-order valence-electron chi connectivity index (χ0n) is 10.5. The fourth-order valence-corrected chi connectivity index (χ4v) is 2.85. The zero-order chi connectivity index (χ0) is 13.4. The maximum Gasteiger partial charge on any atom is 0.0591 e. The molecule has 3 N–H and O–H groups in total. The molecular formula is C15H14BrN3. The maximum absolute atomic E-state index is 6.42. The van der Waals surface area contributed by atoms with Gasteiger partial charge < -0.3 is 10.7 Å². The molecule has 2 heterocycles. The summed E-state index contributed by atoms with van der Waals surface area (Å²) in [7, 11) is 0. The number of aromatic amines is 1. The van der Waals surface area contributed by atoms with Crippen molar-refractivity contribution in [3.8, 4) is 0 Å². The van der Waals surface area contributed by atoms with Gasteiger partial charge in [-0.05, 0) is 40.5 Å². The molecule has 0 aliphatic rings. The summed E-state index contributed by atoms with van der Waals surface area (Å²) in [5.74, 6) is 0. The fraction of sp³-hybridized carbons (Fsp3) is 0.133. The number of nitrogens with one attached hydrogen (secondary N) is 1. The number of hydrogen-bond acceptors (Lipinski definition) is 2. The van der Waals surface area contributed by atoms with E-state index in [4.69, 9.17) is 5.73 Å². The maximum atomic E-state index is 6.42. The number of nitrogens with zero attached hydrogens (tertiary/aromatic N) is 1. The quantitative estimate of drug-likeness (QED) is 0.758. The summed E-state index contributed by atoms with van der Waals surface area (Å²) in [6.45, 7) is 2.06. The molecular weight excluding hydrogens is 302 g/mol. The lowest BCUT2D eigenvalue weighted by atomic mass is 9.98. The van der Waals surface area contributed by atoms with E-state index >= 15 is 0 Å². The number of halogens is 1. The summed E-state index contributed by atoms with van der Waals surface area (Å²) >= 11 is 3.44. The first-order valence-electron chi connectivity index (χ1n) is 6.10. The van der Waals surface area contributed by atoms with Gasteiger partial charge in [0.15, 0.2) is 0 Å². The van der Waals surface area contributed by atoms with Gasteiger partial charge in [0.05, 0.1) is 6.04 Å². The van der Waals surface area contributed by atoms with Crippen LogP contribution in [0.15, 0.2) is 47.2 Å². The van der Waals surface area contributed by atoms with Gasteiger partial charge >= 0.3 is 0 Å². The average Bonchev–Trinajstić information content (AvgIpc) is 2.74. The fourth-order valence-electron chi connectivity index (χ4n) is 2.46. The summed E-state index contributed by atoms with van der Waals surface area (Å²) < 4.78 is 0.943. The lowest BCUT2D eigenvalue weighted by Crippen LogP contribution is -2.13. The summed E-state index contributed by atoms with van der Waals surface area (Å²) in [4.78, 5) is 7.57. The highest BCUT2D eigenvalue weighted by molar-refractivity contribution is 9.10. The molecule has 3 rings (SSSR count). The van der Waals surface area contributed by atoms with Crippen molar-refractivity contribution >= 4 is 26.8 Å². The normalized spacial score (nSPS) is 12.8. The second-order valence-corrected chi connectivity index (χ2v) is 5.54. The highest BCUT2D eigenvalue weighted by Gasteiger charge is 2.17. The van der Waals surface area contributed by atoms with Crippen LogP contribution < -0.4 is 5.73 Å². The SMILES string of the molecule is Cc1[nH]c2ccccc2c1C(N)c1cncc(Br)c1. The van der Waals surface area contributed by atoms with Gasteiger partial charge in [-0.2, -0.15) is 0 Å². The van der Waals surface area contributed by atoms with Crippen molar-refractivity contribution in [3.05, 3.63) is 64.0 Å². The van der Waals surface area contributed by atoms with Gasteiger partial charge in [-0.3, -0.25) is 4.98 Å². The molecule has 19 heavy (non-hydrogen) atoms. The Labute approximate surface area is 120 Å². The molecule has 4 heteroatoms. The predicted octanol–water partition coefficient (Wildman–Crippen LogP) is 3.68. The summed E-state index contributed by atoms with van der Waals surface area (Å²) in [5.41, 5.74) is 10.8. The molecule has 1 atom stereocenters. The van der Waals surface area contributed by atoms with Crippen molar-refractivity contribution in [3.63, 3.8) is 0 Å². The smallest absolute Gasteiger partial charge is 0.0591 e. The molecule has 96 valence electrons. The van der Waals surface area contributed by atoms with E-state index in [0.717, 1.165) is 26.8 Å². The van der Waals surface area contributed by atoms with Crippen molar-refractivity contribution in [2.24, 2.45) is 5.73 Å². The van der Waals surface area contributed by atoms with Crippen LogP contribution in [0, 0.1) is 6.92 Å². The van der Waals surface area contributed by atoms with E-state index in [1.165, 1.54) is 5.39 Å². The van der Waals surface area contributed by atoms with Crippen LogP contribution in [0.1, 0.15) is 22.9 Å². The third kappa shape index (κ3) is 2.17. The molecule has 0 fully saturated rings. The van der Waals surface area contributed by atoms with Gasteiger partial charge in [-0.15, -0.1) is 0 Å². The van der Waals surface area contributed by atoms with Crippen LogP contribution in [0.25, 0.3) is 10.9 Å². The molecule has 0 radical (unpaired) electrons. The monoisotopic (exact) mass is 315 g/mol. The number of aromatic nitrogens is 2. The number of nitrogens with two attached hydrogens (primary N) is 1. The Kier molecular flexibility index (Phi) is 3.12. The van der Waals surface area contributed by atoms with Crippen LogP contribution >= 0.6 is 15.9 Å². The number of H-pyrrole nitrogens is 1. The highest BCUT2D eigenvalue weighted by Crippen LogP contribution is 2.30. The van der Waals surface area contributed by atoms with Crippen LogP contribution in [0.5, 0.6) is 0 Å². The number of benzene rings is 1. The molecule has 1 unspecified atom stereocenters. The van der Waals surface area contributed by atoms with Gasteiger partial charge in [-0.1, -0.05) is 18.2 Å². The van der Waals surface area contributed by atoms with E-state index in [0.29, 0.717) is 0 Å². The Morgan fingerprint density at radius 1 is 1.26 bits per heavy atom. The van der Waals surface area contributed by atoms with E-state index in [1.807, 2.05) is 24.4 Å². The molecule has 0 saturated heterocycles. The first kappa shape index (κ1) is 12.4. The van der Waals surface area contributed by atoms with Crippen LogP contribution in [0.2, 0.25) is 0 Å². The zero-order valence-corrected chi connectivity index (χ0v) is 12.1. The number of para-hydroxylation sites is 1. The topological polar surface area (TPSA) is 54.7 Å². The van der Waals surface area contributed by atoms with Gasteiger partial charge in [0.1, 0.15) is 0 Å². The number of fused-ring (bicyclic) bond motifs is 1. The van der Waals surface area contributed by atoms with Gasteiger partial charge in [-0.25, -0.2) is 0 Å². The minimum atomic E-state index is -0.179. The van der Waals surface area contributed by atoms with Crippen LogP contribution in [-0.2, 0) is 0 Å². The predicted molar refractivity (Wildman–Crippen MR) is 81.0 cm³/mol. The van der Waals surface area contributed by atoms with Crippen LogP contribution in [0.3, 0.4) is 0 Å². The molecule has 2 aromatic heterocycles. The Bertz CT molecular complexity index is 733. The summed E-state index contributed by atoms with van der Waals surface area (Å²) in [6, 6.07) is 10.1. The molecule has 1 aromatic carbocycles. The number of hydrogen-bond donors (Lipinski definition) is 2. The average molecular weight is 316 g/mol. The first-order valence-corrected chi connectivity index (χ1v) is 6.89. The summed E-state index contributed by atoms with van der Waals surface area (Å²) in [5, 5.41) is 1.17. The van der Waals surface area contributed by atoms with Gasteiger partial charge in [0, 0.05) is 39.0 Å². The molecule has 0 bridgehead atoms. The lowest BCUT2D eigenvalue weighted by Gasteiger charge is -2.13. The standard InChI is InChI=1S/C15H14BrN3/c1-9-14(12-4-2-3-5-13(12)19-9)15(17)10-6-11(16)8-18-7-10/h2-8,15,19H,17H2,1H3. The largest absolute Gasteiger partial charge is 0.358 e. The minimum absolute atomic E-state index is 0.179. The van der Waals surface area contributed by atoms with E-state index < -0.39 is 0 Å². The van der Waals surface area contributed by atoms with Gasteiger partial charge in [0.25, 0.3) is 0 Å². The molecule has 0 spiro atoms. The Balaban J connectivity index is 2.16. The first-order chi connectivity index (χ1) is 9.16. The number of rotatable bonds is 2. The van der Waals surface area contributed by atoms with Crippen molar-refractivity contribution in [2.45, 2.75) is 13.0 Å². The molecule has 3 aromatic rings. The Hall–Kier alpha value is -1.65. The second-order valence-electron chi connectivity index (χ2n) is 4.62.